The van der Waals surface area contributed by atoms with E-state index in [1.165, 1.54) is 24.3 Å². The summed E-state index contributed by atoms with van der Waals surface area (Å²) in [5.41, 5.74) is 5.55. The molecule has 0 aliphatic carbocycles. The molecule has 1 aliphatic heterocycles. The zero-order chi connectivity index (χ0) is 20.3. The van der Waals surface area contributed by atoms with Crippen LogP contribution in [0.4, 0.5) is 8.78 Å². The molecule has 8 heteroatoms. The number of alkyl halides is 2. The predicted octanol–water partition coefficient (Wildman–Crippen LogP) is 2.03. The first-order valence-corrected chi connectivity index (χ1v) is 8.29. The number of carbonyl (C=O) groups is 1. The number of aliphatic imine (C=N–C) groups is 1. The molecule has 1 amide bonds. The fourth-order valence-corrected chi connectivity index (χ4v) is 3.06. The minimum atomic E-state index is -2.96. The second-order valence-corrected chi connectivity index (χ2v) is 5.99. The molecule has 28 heavy (non-hydrogen) atoms. The number of carbonyl (C=O) groups excluding carboxylic acids is 1. The number of hydrogen-bond donors (Lipinski definition) is 3. The van der Waals surface area contributed by atoms with Gasteiger partial charge in [0.05, 0.1) is 0 Å². The van der Waals surface area contributed by atoms with E-state index in [1.807, 2.05) is 0 Å². The van der Waals surface area contributed by atoms with E-state index in [0.29, 0.717) is 16.7 Å². The summed E-state index contributed by atoms with van der Waals surface area (Å²) in [6.07, 6.45) is -1.03. The van der Waals surface area contributed by atoms with Gasteiger partial charge in [-0.3, -0.25) is 10.1 Å². The topological polar surface area (TPSA) is 96.9 Å². The third-order valence-corrected chi connectivity index (χ3v) is 4.26. The molecule has 1 heterocycles. The number of ether oxygens (including phenoxy) is 1. The first kappa shape index (κ1) is 19.3. The van der Waals surface area contributed by atoms with Gasteiger partial charge in [-0.05, 0) is 41.8 Å². The lowest BCUT2D eigenvalue weighted by atomic mass is 9.82. The van der Waals surface area contributed by atoms with Gasteiger partial charge in [-0.25, -0.2) is 4.99 Å². The maximum absolute atomic E-state index is 12.8. The Labute approximate surface area is 160 Å². The zero-order valence-corrected chi connectivity index (χ0v) is 14.8. The molecule has 0 saturated heterocycles. The lowest BCUT2D eigenvalue weighted by molar-refractivity contribution is -0.122. The molecule has 3 rings (SSSR count). The number of guanidine groups is 1. The van der Waals surface area contributed by atoms with Crippen LogP contribution in [0.1, 0.15) is 29.7 Å². The summed E-state index contributed by atoms with van der Waals surface area (Å²) >= 11 is 0. The van der Waals surface area contributed by atoms with Gasteiger partial charge < -0.3 is 15.6 Å². The van der Waals surface area contributed by atoms with Gasteiger partial charge in [0.15, 0.2) is 11.5 Å². The lowest BCUT2D eigenvalue weighted by Crippen LogP contribution is -2.39. The van der Waals surface area contributed by atoms with Crippen LogP contribution >= 0.6 is 0 Å². The normalized spacial score (nSPS) is 19.5. The molecule has 0 radical (unpaired) electrons. The summed E-state index contributed by atoms with van der Waals surface area (Å²) in [4.78, 5) is 17.1. The van der Waals surface area contributed by atoms with Crippen LogP contribution in [0.25, 0.3) is 0 Å². The highest BCUT2D eigenvalue weighted by Gasteiger charge is 2.46. The summed E-state index contributed by atoms with van der Waals surface area (Å²) in [6.45, 7) is -1.35. The number of halogens is 2. The molecule has 1 aliphatic rings. The van der Waals surface area contributed by atoms with Gasteiger partial charge in [0.2, 0.25) is 0 Å². The number of rotatable bonds is 5. The van der Waals surface area contributed by atoms with E-state index < -0.39 is 24.2 Å². The lowest BCUT2D eigenvalue weighted by Gasteiger charge is -2.25. The van der Waals surface area contributed by atoms with E-state index in [1.54, 1.807) is 31.2 Å². The predicted molar refractivity (Wildman–Crippen MR) is 98.5 cm³/mol. The number of aliphatic hydroxyl groups excluding tert-OH is 1. The second kappa shape index (κ2) is 7.66. The first-order chi connectivity index (χ1) is 13.4. The van der Waals surface area contributed by atoms with Crippen LogP contribution in [0.2, 0.25) is 0 Å². The van der Waals surface area contributed by atoms with Crippen molar-refractivity contribution in [2.45, 2.75) is 25.2 Å². The van der Waals surface area contributed by atoms with Crippen molar-refractivity contribution in [3.63, 3.8) is 0 Å². The summed E-state index contributed by atoms with van der Waals surface area (Å²) < 4.78 is 29.2. The summed E-state index contributed by atoms with van der Waals surface area (Å²) in [5, 5.41) is 12.6. The number of amides is 1. The number of aliphatic hydroxyl groups is 1. The van der Waals surface area contributed by atoms with Crippen molar-refractivity contribution >= 4 is 11.9 Å². The smallest absolute Gasteiger partial charge is 0.387 e. The summed E-state index contributed by atoms with van der Waals surface area (Å²) in [6, 6.07) is 12.2. The van der Waals surface area contributed by atoms with Crippen molar-refractivity contribution in [2.24, 2.45) is 10.7 Å². The molecular formula is C20H17F2N3O3. The van der Waals surface area contributed by atoms with Gasteiger partial charge in [0.1, 0.15) is 11.9 Å². The highest BCUT2D eigenvalue weighted by molar-refractivity contribution is 6.09. The Morgan fingerprint density at radius 3 is 2.50 bits per heavy atom. The van der Waals surface area contributed by atoms with E-state index in [0.717, 1.165) is 0 Å². The zero-order valence-electron chi connectivity index (χ0n) is 14.8. The van der Waals surface area contributed by atoms with Crippen LogP contribution in [0.3, 0.4) is 0 Å². The number of nitrogens with one attached hydrogen (secondary N) is 1. The van der Waals surface area contributed by atoms with Crippen LogP contribution in [0.15, 0.2) is 53.5 Å². The molecule has 0 saturated carbocycles. The summed E-state index contributed by atoms with van der Waals surface area (Å²) in [7, 11) is 0. The van der Waals surface area contributed by atoms with Crippen molar-refractivity contribution in [1.29, 1.82) is 0 Å². The maximum atomic E-state index is 12.8. The van der Waals surface area contributed by atoms with E-state index in [2.05, 4.69) is 26.9 Å². The van der Waals surface area contributed by atoms with Crippen LogP contribution in [0, 0.1) is 11.8 Å². The van der Waals surface area contributed by atoms with Crippen LogP contribution in [-0.4, -0.2) is 23.6 Å². The third-order valence-electron chi connectivity index (χ3n) is 4.26. The van der Waals surface area contributed by atoms with Gasteiger partial charge >= 0.3 is 6.61 Å². The first-order valence-electron chi connectivity index (χ1n) is 8.29. The highest BCUT2D eigenvalue weighted by atomic mass is 19.3. The SMILES string of the molecule is CC#CC(O)c1cccc(C2(c3ccc(OC(F)F)cc3)N=C(N)NC2=O)c1. The quantitative estimate of drug-likeness (QED) is 0.686. The number of hydrogen-bond acceptors (Lipinski definition) is 5. The minimum Gasteiger partial charge on any atom is -0.435 e. The molecule has 0 aromatic heterocycles. The molecule has 2 aromatic rings. The molecule has 0 fully saturated rings. The average molecular weight is 385 g/mol. The van der Waals surface area contributed by atoms with Crippen LogP contribution in [0.5, 0.6) is 5.75 Å². The van der Waals surface area contributed by atoms with Gasteiger partial charge in [-0.15, -0.1) is 5.92 Å². The van der Waals surface area contributed by atoms with E-state index >= 15 is 0 Å². The number of nitrogens with two attached hydrogens (primary N) is 1. The standard InChI is InChI=1S/C20H17F2N3O3/c1-2-4-16(26)12-5-3-6-14(11-12)20(17(27)24-19(23)25-20)13-7-9-15(10-8-13)28-18(21)22/h3,5-11,16,18,26H,1H3,(H3,23,24,25,27). The minimum absolute atomic E-state index is 0.0494. The molecule has 2 atom stereocenters. The summed E-state index contributed by atoms with van der Waals surface area (Å²) in [5.74, 6) is 4.65. The third kappa shape index (κ3) is 3.52. The molecule has 0 bridgehead atoms. The van der Waals surface area contributed by atoms with Gasteiger partial charge in [-0.2, -0.15) is 8.78 Å². The Balaban J connectivity index is 2.11. The molecule has 4 N–H and O–H groups in total. The Morgan fingerprint density at radius 2 is 1.93 bits per heavy atom. The van der Waals surface area contributed by atoms with Crippen molar-refractivity contribution < 1.29 is 23.4 Å². The Kier molecular flexibility index (Phi) is 5.29. The average Bonchev–Trinajstić information content (AvgIpc) is 2.97. The van der Waals surface area contributed by atoms with Crippen molar-refractivity contribution in [3.8, 4) is 17.6 Å². The molecule has 0 spiro atoms. The van der Waals surface area contributed by atoms with Crippen LogP contribution < -0.4 is 15.8 Å². The van der Waals surface area contributed by atoms with E-state index in [4.69, 9.17) is 5.73 Å². The fourth-order valence-electron chi connectivity index (χ4n) is 3.06. The molecule has 2 aromatic carbocycles. The molecule has 144 valence electrons. The number of nitrogens with zero attached hydrogens (tertiary/aromatic N) is 1. The van der Waals surface area contributed by atoms with Gasteiger partial charge in [0.25, 0.3) is 5.91 Å². The molecule has 6 nitrogen and oxygen atoms in total. The van der Waals surface area contributed by atoms with Crippen LogP contribution in [-0.2, 0) is 10.3 Å². The van der Waals surface area contributed by atoms with Crippen molar-refractivity contribution in [1.82, 2.24) is 5.32 Å². The maximum Gasteiger partial charge on any atom is 0.387 e. The monoisotopic (exact) mass is 385 g/mol. The van der Waals surface area contributed by atoms with E-state index in [-0.39, 0.29) is 11.7 Å². The largest absolute Gasteiger partial charge is 0.435 e. The van der Waals surface area contributed by atoms with Gasteiger partial charge in [0, 0.05) is 0 Å². The Morgan fingerprint density at radius 1 is 1.21 bits per heavy atom. The Bertz CT molecular complexity index is 980. The highest BCUT2D eigenvalue weighted by Crippen LogP contribution is 2.38. The molecule has 2 unspecified atom stereocenters. The van der Waals surface area contributed by atoms with Crippen molar-refractivity contribution in [2.75, 3.05) is 0 Å². The Hall–Kier alpha value is -3.44. The fraction of sp³-hybridized carbons (Fsp3) is 0.200. The number of benzene rings is 2. The molecular weight excluding hydrogens is 368 g/mol. The van der Waals surface area contributed by atoms with E-state index in [9.17, 15) is 18.7 Å². The van der Waals surface area contributed by atoms with Crippen molar-refractivity contribution in [3.05, 3.63) is 65.2 Å². The second-order valence-electron chi connectivity index (χ2n) is 5.99. The van der Waals surface area contributed by atoms with Gasteiger partial charge in [-0.1, -0.05) is 36.3 Å².